The monoisotopic (exact) mass is 538 g/mol. The van der Waals surface area contributed by atoms with Crippen LogP contribution in [-0.2, 0) is 22.2 Å². The summed E-state index contributed by atoms with van der Waals surface area (Å²) in [4.78, 5) is 41.9. The molecule has 10 heteroatoms. The summed E-state index contributed by atoms with van der Waals surface area (Å²) in [7, 11) is 4.56. The Morgan fingerprint density at radius 3 is 2.36 bits per heavy atom. The van der Waals surface area contributed by atoms with E-state index in [1.807, 2.05) is 13.8 Å². The molecule has 0 unspecified atom stereocenters. The molecule has 1 aliphatic rings. The molecule has 2 aromatic carbocycles. The topological polar surface area (TPSA) is 104 Å². The molecule has 0 saturated carbocycles. The number of hydrogen-bond acceptors (Lipinski definition) is 6. The quantitative estimate of drug-likeness (QED) is 0.439. The number of pyridine rings is 1. The van der Waals surface area contributed by atoms with Crippen LogP contribution in [0.15, 0.2) is 47.3 Å². The third-order valence-electron chi connectivity index (χ3n) is 6.48. The first-order valence-electron chi connectivity index (χ1n) is 12.6. The van der Waals surface area contributed by atoms with Crippen LogP contribution in [0.3, 0.4) is 0 Å². The van der Waals surface area contributed by atoms with Gasteiger partial charge in [0.2, 0.25) is 6.41 Å². The van der Waals surface area contributed by atoms with E-state index in [0.717, 1.165) is 0 Å². The third-order valence-corrected chi connectivity index (χ3v) is 6.48. The minimum atomic E-state index is -1.19. The van der Waals surface area contributed by atoms with Crippen LogP contribution in [0.5, 0.6) is 0 Å². The molecule has 2 N–H and O–H groups in total. The van der Waals surface area contributed by atoms with Crippen LogP contribution < -0.4 is 15.8 Å². The predicted octanol–water partition coefficient (Wildman–Crippen LogP) is 4.13. The van der Waals surface area contributed by atoms with Gasteiger partial charge in [0.1, 0.15) is 22.8 Å². The van der Waals surface area contributed by atoms with Gasteiger partial charge in [-0.25, -0.2) is 4.39 Å². The lowest BCUT2D eigenvalue weighted by Crippen LogP contribution is -2.46. The van der Waals surface area contributed by atoms with Crippen molar-refractivity contribution in [2.45, 2.75) is 33.3 Å². The number of carbonyl (C=O) groups is 2. The van der Waals surface area contributed by atoms with Gasteiger partial charge in [-0.3, -0.25) is 23.9 Å². The highest BCUT2D eigenvalue weighted by Gasteiger charge is 2.38. The van der Waals surface area contributed by atoms with E-state index in [1.54, 1.807) is 51.4 Å². The molecule has 1 aliphatic heterocycles. The van der Waals surface area contributed by atoms with Crippen LogP contribution in [0.2, 0.25) is 0 Å². The third kappa shape index (κ3) is 5.57. The van der Waals surface area contributed by atoms with Gasteiger partial charge in [-0.15, -0.1) is 0 Å². The Kier molecular flexibility index (Phi) is 8.93. The minimum absolute atomic E-state index is 0.00719. The normalized spacial score (nSPS) is 13.5. The zero-order valence-corrected chi connectivity index (χ0v) is 23.3. The van der Waals surface area contributed by atoms with Gasteiger partial charge in [0.25, 0.3) is 11.5 Å². The number of rotatable bonds is 7. The summed E-state index contributed by atoms with van der Waals surface area (Å²) >= 11 is 0. The average molecular weight is 539 g/mol. The highest BCUT2D eigenvalue weighted by molar-refractivity contribution is 6.08. The molecular formula is C29H35FN4O5. The van der Waals surface area contributed by atoms with Crippen LogP contribution in [0.4, 0.5) is 27.3 Å². The largest absolute Gasteiger partial charge is 0.380 e. The Morgan fingerprint density at radius 2 is 1.82 bits per heavy atom. The number of ether oxygens (including phenoxy) is 1. The molecule has 0 radical (unpaired) electrons. The number of carbonyl (C=O) groups excluding carboxylic acids is 2. The lowest BCUT2D eigenvalue weighted by molar-refractivity contribution is -0.184. The maximum atomic E-state index is 14.8. The number of aryl methyl sites for hydroxylation is 1. The SMILES string of the molecule is CC.Cc1ccc(Nc2c(C(=O)N(C)C)c(N(C=O)c3cccc(C4(O)COC4)c3)c(C)c(=O)n2C)c(F)c1. The van der Waals surface area contributed by atoms with Gasteiger partial charge in [0.15, 0.2) is 0 Å². The Bertz CT molecular complexity index is 1450. The molecule has 1 saturated heterocycles. The standard InChI is InChI=1S/C27H29FN4O5.C2H6/c1-16-9-10-21(20(28)11-16)29-24-22(26(35)30(3)4)23(17(2)25(34)31(24)5)32(15-33)19-8-6-7-18(12-19)27(36)13-37-14-27;1-2/h6-12,15,29,36H,13-14H2,1-5H3;1-2H3. The fraction of sp³-hybridized carbons (Fsp3) is 0.345. The molecule has 0 spiro atoms. The summed E-state index contributed by atoms with van der Waals surface area (Å²) in [6.45, 7) is 7.50. The van der Waals surface area contributed by atoms with Crippen molar-refractivity contribution in [3.05, 3.63) is 80.9 Å². The van der Waals surface area contributed by atoms with Crippen molar-refractivity contribution < 1.29 is 23.8 Å². The molecule has 9 nitrogen and oxygen atoms in total. The number of nitrogens with zero attached hydrogens (tertiary/aromatic N) is 3. The van der Waals surface area contributed by atoms with E-state index in [9.17, 15) is 23.9 Å². The number of halogens is 1. The van der Waals surface area contributed by atoms with E-state index in [-0.39, 0.29) is 41.5 Å². The van der Waals surface area contributed by atoms with Gasteiger partial charge >= 0.3 is 0 Å². The lowest BCUT2D eigenvalue weighted by Gasteiger charge is -2.37. The van der Waals surface area contributed by atoms with Gasteiger partial charge in [0, 0.05) is 32.4 Å². The Morgan fingerprint density at radius 1 is 1.15 bits per heavy atom. The Labute approximate surface area is 227 Å². The second-order valence-corrected chi connectivity index (χ2v) is 9.42. The van der Waals surface area contributed by atoms with E-state index in [1.165, 1.54) is 40.5 Å². The van der Waals surface area contributed by atoms with E-state index in [0.29, 0.717) is 23.2 Å². The van der Waals surface area contributed by atoms with E-state index in [4.69, 9.17) is 4.74 Å². The minimum Gasteiger partial charge on any atom is -0.380 e. The van der Waals surface area contributed by atoms with E-state index >= 15 is 0 Å². The number of aliphatic hydroxyl groups is 1. The van der Waals surface area contributed by atoms with Crippen molar-refractivity contribution in [3.63, 3.8) is 0 Å². The number of hydrogen-bond donors (Lipinski definition) is 2. The molecule has 3 aromatic rings. The summed E-state index contributed by atoms with van der Waals surface area (Å²) in [6, 6.07) is 11.2. The molecule has 2 amide bonds. The first-order valence-corrected chi connectivity index (χ1v) is 12.6. The summed E-state index contributed by atoms with van der Waals surface area (Å²) < 4.78 is 21.2. The first kappa shape index (κ1) is 29.5. The smallest absolute Gasteiger partial charge is 0.259 e. The molecule has 208 valence electrons. The van der Waals surface area contributed by atoms with Crippen LogP contribution in [0.1, 0.15) is 40.9 Å². The van der Waals surface area contributed by atoms with Crippen molar-refractivity contribution in [1.29, 1.82) is 0 Å². The lowest BCUT2D eigenvalue weighted by atomic mass is 9.91. The van der Waals surface area contributed by atoms with Crippen molar-refractivity contribution in [3.8, 4) is 0 Å². The van der Waals surface area contributed by atoms with Gasteiger partial charge in [-0.1, -0.05) is 32.0 Å². The van der Waals surface area contributed by atoms with E-state index in [2.05, 4.69) is 5.32 Å². The maximum Gasteiger partial charge on any atom is 0.259 e. The summed E-state index contributed by atoms with van der Waals surface area (Å²) in [5, 5.41) is 13.6. The van der Waals surface area contributed by atoms with Crippen molar-refractivity contribution in [2.75, 3.05) is 37.5 Å². The molecule has 1 aromatic heterocycles. The van der Waals surface area contributed by atoms with Crippen LogP contribution in [0.25, 0.3) is 0 Å². The van der Waals surface area contributed by atoms with Crippen molar-refractivity contribution in [2.24, 2.45) is 7.05 Å². The number of nitrogens with one attached hydrogen (secondary N) is 1. The maximum absolute atomic E-state index is 14.8. The zero-order chi connectivity index (χ0) is 29.1. The zero-order valence-electron chi connectivity index (χ0n) is 23.3. The van der Waals surface area contributed by atoms with Gasteiger partial charge in [-0.2, -0.15) is 0 Å². The van der Waals surface area contributed by atoms with Crippen LogP contribution in [-0.4, -0.2) is 54.2 Å². The molecule has 2 heterocycles. The Hall–Kier alpha value is -4.02. The average Bonchev–Trinajstić information content (AvgIpc) is 2.91. The fourth-order valence-electron chi connectivity index (χ4n) is 4.29. The van der Waals surface area contributed by atoms with E-state index < -0.39 is 22.9 Å². The first-order chi connectivity index (χ1) is 18.5. The molecule has 1 fully saturated rings. The second kappa shape index (κ2) is 11.8. The molecular weight excluding hydrogens is 503 g/mol. The van der Waals surface area contributed by atoms with Crippen molar-refractivity contribution in [1.82, 2.24) is 9.47 Å². The Balaban J connectivity index is 0.00000205. The van der Waals surface area contributed by atoms with Crippen LogP contribution in [0, 0.1) is 19.7 Å². The van der Waals surface area contributed by atoms with Crippen LogP contribution >= 0.6 is 0 Å². The predicted molar refractivity (Wildman–Crippen MR) is 150 cm³/mol. The number of anilines is 4. The number of benzene rings is 2. The highest BCUT2D eigenvalue weighted by Crippen LogP contribution is 2.38. The number of aromatic nitrogens is 1. The summed E-state index contributed by atoms with van der Waals surface area (Å²) in [6.07, 6.45) is 0.505. The van der Waals surface area contributed by atoms with Crippen molar-refractivity contribution >= 4 is 35.2 Å². The molecule has 0 bridgehead atoms. The second-order valence-electron chi connectivity index (χ2n) is 9.42. The summed E-state index contributed by atoms with van der Waals surface area (Å²) in [5.41, 5.74) is 0.180. The van der Waals surface area contributed by atoms with Gasteiger partial charge < -0.3 is 20.1 Å². The summed E-state index contributed by atoms with van der Waals surface area (Å²) in [5.74, 6) is -1.03. The number of amides is 2. The fourth-order valence-corrected chi connectivity index (χ4v) is 4.29. The van der Waals surface area contributed by atoms with Gasteiger partial charge in [-0.05, 0) is 49.2 Å². The molecule has 4 rings (SSSR count). The molecule has 0 aliphatic carbocycles. The molecule has 39 heavy (non-hydrogen) atoms. The molecule has 0 atom stereocenters. The highest BCUT2D eigenvalue weighted by atomic mass is 19.1. The van der Waals surface area contributed by atoms with Gasteiger partial charge in [0.05, 0.1) is 24.6 Å².